The maximum Gasteiger partial charge on any atom is 0.0529 e. The third-order valence-corrected chi connectivity index (χ3v) is 0.632. The van der Waals surface area contributed by atoms with Gasteiger partial charge < -0.3 is 0 Å². The smallest absolute Gasteiger partial charge is 0.0529 e. The van der Waals surface area contributed by atoms with Gasteiger partial charge in [0.2, 0.25) is 0 Å². The number of rotatable bonds is 1. The fourth-order valence-electron chi connectivity index (χ4n) is 0. The van der Waals surface area contributed by atoms with Crippen LogP contribution in [0.5, 0.6) is 0 Å². The van der Waals surface area contributed by atoms with E-state index in [2.05, 4.69) is 6.58 Å². The second-order valence-corrected chi connectivity index (χ2v) is 1.89. The number of hydrogen-bond donors (Lipinski definition) is 2. The summed E-state index contributed by atoms with van der Waals surface area (Å²) in [6, 6.07) is 0. The molecule has 0 bridgehead atoms. The van der Waals surface area contributed by atoms with Crippen molar-refractivity contribution in [1.29, 1.82) is 0 Å². The first-order valence-corrected chi connectivity index (χ1v) is 2.73. The molecule has 0 saturated heterocycles. The minimum Gasteiger partial charge on any atom is -0.295 e. The summed E-state index contributed by atoms with van der Waals surface area (Å²) >= 11 is 0. The maximum atomic E-state index is 5.02. The molecule has 0 aliphatic heterocycles. The Morgan fingerprint density at radius 1 is 1.60 bits per heavy atom. The van der Waals surface area contributed by atoms with Crippen LogP contribution in [0.3, 0.4) is 0 Å². The zero-order valence-electron chi connectivity index (χ0n) is 2.89. The van der Waals surface area contributed by atoms with Crippen LogP contribution in [0.2, 0.25) is 0 Å². The molecule has 0 aromatic heterocycles. The summed E-state index contributed by atoms with van der Waals surface area (Å²) in [7, 11) is -0.834. The van der Waals surface area contributed by atoms with Crippen molar-refractivity contribution in [3.8, 4) is 0 Å². The minimum absolute atomic E-state index is 0.834. The fraction of sp³-hybridized carbons (Fsp3) is 0. The van der Waals surface area contributed by atoms with Gasteiger partial charge in [0.1, 0.15) is 0 Å². The van der Waals surface area contributed by atoms with Crippen molar-refractivity contribution in [3.05, 3.63) is 12.4 Å². The predicted molar refractivity (Wildman–Crippen MR) is 25.5 cm³/mol. The monoisotopic (exact) mass is 90.0 g/mol. The summed E-state index contributed by atoms with van der Waals surface area (Å²) in [5, 5.41) is 0. The van der Waals surface area contributed by atoms with Crippen LogP contribution in [-0.4, -0.2) is 0 Å². The molecule has 4 N–H and O–H groups in total. The average molecular weight is 90.1 g/mol. The lowest BCUT2D eigenvalue weighted by atomic mass is 11.3. The molecule has 0 aromatic rings. The Bertz CT molecular complexity index is 34.6. The highest BCUT2D eigenvalue weighted by Gasteiger charge is 1.72. The Morgan fingerprint density at radius 3 is 1.80 bits per heavy atom. The SMILES string of the molecule is C=CP(N)N. The molecule has 0 aromatic carbocycles. The molecule has 0 fully saturated rings. The van der Waals surface area contributed by atoms with Crippen LogP contribution in [0.4, 0.5) is 0 Å². The van der Waals surface area contributed by atoms with Gasteiger partial charge in [-0.05, 0) is 5.82 Å². The summed E-state index contributed by atoms with van der Waals surface area (Å²) < 4.78 is 0. The quantitative estimate of drug-likeness (QED) is 0.457. The molecular weight excluding hydrogens is 83.0 g/mol. The van der Waals surface area contributed by atoms with Gasteiger partial charge in [0.05, 0.1) is 8.22 Å². The molecule has 0 spiro atoms. The summed E-state index contributed by atoms with van der Waals surface area (Å²) in [4.78, 5) is 0. The molecule has 0 aliphatic rings. The lowest BCUT2D eigenvalue weighted by molar-refractivity contribution is 1.81. The van der Waals surface area contributed by atoms with E-state index in [4.69, 9.17) is 11.0 Å². The standard InChI is InChI=1S/C2H7N2P/c1-2-5(3)4/h2H,1,3-4H2. The van der Waals surface area contributed by atoms with E-state index in [-0.39, 0.29) is 0 Å². The Balaban J connectivity index is 2.83. The Morgan fingerprint density at radius 2 is 1.80 bits per heavy atom. The Labute approximate surface area is 32.7 Å². The largest absolute Gasteiger partial charge is 0.295 e. The van der Waals surface area contributed by atoms with Gasteiger partial charge in [-0.25, -0.2) is 0 Å². The highest BCUT2D eigenvalue weighted by atomic mass is 31.1. The van der Waals surface area contributed by atoms with Crippen molar-refractivity contribution in [2.75, 3.05) is 0 Å². The molecule has 0 radical (unpaired) electrons. The van der Waals surface area contributed by atoms with Gasteiger partial charge in [0, 0.05) is 0 Å². The van der Waals surface area contributed by atoms with E-state index in [0.29, 0.717) is 0 Å². The van der Waals surface area contributed by atoms with Crippen LogP contribution in [0, 0.1) is 0 Å². The summed E-state index contributed by atoms with van der Waals surface area (Å²) in [6.07, 6.45) is 0. The number of nitrogens with two attached hydrogens (primary N) is 2. The van der Waals surface area contributed by atoms with Crippen molar-refractivity contribution in [2.45, 2.75) is 0 Å². The van der Waals surface area contributed by atoms with Crippen molar-refractivity contribution >= 4 is 8.22 Å². The molecule has 2 nitrogen and oxygen atoms in total. The van der Waals surface area contributed by atoms with Crippen LogP contribution < -0.4 is 11.0 Å². The van der Waals surface area contributed by atoms with Gasteiger partial charge in [-0.15, -0.1) is 0 Å². The Hall–Kier alpha value is 0.0900. The molecule has 0 amide bonds. The van der Waals surface area contributed by atoms with Gasteiger partial charge in [-0.2, -0.15) is 0 Å². The third kappa shape index (κ3) is 4.09. The molecule has 5 heavy (non-hydrogen) atoms. The van der Waals surface area contributed by atoms with Crippen LogP contribution in [0.15, 0.2) is 12.4 Å². The van der Waals surface area contributed by atoms with Gasteiger partial charge in [-0.3, -0.25) is 11.0 Å². The normalized spacial score (nSPS) is 8.60. The van der Waals surface area contributed by atoms with Crippen LogP contribution in [-0.2, 0) is 0 Å². The summed E-state index contributed by atoms with van der Waals surface area (Å²) in [6.45, 7) is 3.34. The van der Waals surface area contributed by atoms with Crippen LogP contribution in [0.25, 0.3) is 0 Å². The van der Waals surface area contributed by atoms with Gasteiger partial charge >= 0.3 is 0 Å². The highest BCUT2D eigenvalue weighted by Crippen LogP contribution is 2.10. The Kier molecular flexibility index (Phi) is 2.38. The van der Waals surface area contributed by atoms with E-state index in [1.165, 1.54) is 5.82 Å². The number of hydrogen-bond acceptors (Lipinski definition) is 2. The molecule has 0 unspecified atom stereocenters. The first kappa shape index (κ1) is 5.09. The molecule has 0 aliphatic carbocycles. The van der Waals surface area contributed by atoms with Gasteiger partial charge in [0.15, 0.2) is 0 Å². The molecule has 3 heteroatoms. The molecule has 0 saturated carbocycles. The second-order valence-electron chi connectivity index (χ2n) is 0.630. The fourth-order valence-corrected chi connectivity index (χ4v) is 0. The molecular formula is C2H7N2P. The topological polar surface area (TPSA) is 52.0 Å². The average Bonchev–Trinajstić information content (AvgIpc) is 1.38. The van der Waals surface area contributed by atoms with E-state index >= 15 is 0 Å². The second kappa shape index (κ2) is 2.33. The summed E-state index contributed by atoms with van der Waals surface area (Å²) in [5.74, 6) is 1.54. The zero-order valence-corrected chi connectivity index (χ0v) is 3.78. The maximum absolute atomic E-state index is 5.02. The third-order valence-electron chi connectivity index (χ3n) is 0.211. The van der Waals surface area contributed by atoms with Crippen LogP contribution in [0.1, 0.15) is 0 Å². The van der Waals surface area contributed by atoms with Crippen molar-refractivity contribution in [2.24, 2.45) is 11.0 Å². The molecule has 0 atom stereocenters. The zero-order chi connectivity index (χ0) is 4.28. The lowest BCUT2D eigenvalue weighted by Gasteiger charge is -1.87. The molecule has 30 valence electrons. The molecule has 0 rings (SSSR count). The molecule has 0 heterocycles. The van der Waals surface area contributed by atoms with Gasteiger partial charge in [-0.1, -0.05) is 6.58 Å². The van der Waals surface area contributed by atoms with E-state index in [1.54, 1.807) is 0 Å². The lowest BCUT2D eigenvalue weighted by Crippen LogP contribution is -1.91. The van der Waals surface area contributed by atoms with E-state index in [9.17, 15) is 0 Å². The first-order chi connectivity index (χ1) is 2.27. The van der Waals surface area contributed by atoms with Crippen molar-refractivity contribution < 1.29 is 0 Å². The highest BCUT2D eigenvalue weighted by molar-refractivity contribution is 7.55. The summed E-state index contributed by atoms with van der Waals surface area (Å²) in [5.41, 5.74) is 10.0. The van der Waals surface area contributed by atoms with E-state index in [1.807, 2.05) is 0 Å². The van der Waals surface area contributed by atoms with Crippen molar-refractivity contribution in [3.63, 3.8) is 0 Å². The predicted octanol–water partition coefficient (Wildman–Crippen LogP) is 0.359. The first-order valence-electron chi connectivity index (χ1n) is 1.18. The van der Waals surface area contributed by atoms with Crippen LogP contribution >= 0.6 is 8.22 Å². The van der Waals surface area contributed by atoms with Gasteiger partial charge in [0.25, 0.3) is 0 Å². The van der Waals surface area contributed by atoms with Crippen molar-refractivity contribution in [1.82, 2.24) is 0 Å². The minimum atomic E-state index is -0.834. The van der Waals surface area contributed by atoms with E-state index < -0.39 is 8.22 Å². The van der Waals surface area contributed by atoms with E-state index in [0.717, 1.165) is 0 Å².